The molecule has 16 heavy (non-hydrogen) atoms. The Labute approximate surface area is 99.6 Å². The second-order valence-electron chi connectivity index (χ2n) is 4.66. The van der Waals surface area contributed by atoms with Crippen LogP contribution in [0.1, 0.15) is 59.3 Å². The van der Waals surface area contributed by atoms with Gasteiger partial charge in [0.25, 0.3) is 0 Å². The largest absolute Gasteiger partial charge is 0.313 e. The van der Waals surface area contributed by atoms with E-state index < -0.39 is 0 Å². The van der Waals surface area contributed by atoms with Crippen molar-refractivity contribution in [3.63, 3.8) is 0 Å². The molecule has 0 aromatic rings. The Morgan fingerprint density at radius 2 is 1.94 bits per heavy atom. The van der Waals surface area contributed by atoms with Crippen LogP contribution in [0.3, 0.4) is 0 Å². The summed E-state index contributed by atoms with van der Waals surface area (Å²) in [7, 11) is 0. The van der Waals surface area contributed by atoms with Crippen LogP contribution in [-0.2, 0) is 4.79 Å². The van der Waals surface area contributed by atoms with Crippen LogP contribution < -0.4 is 0 Å². The molecule has 0 bridgehead atoms. The molecule has 0 amide bonds. The van der Waals surface area contributed by atoms with E-state index in [0.717, 1.165) is 24.8 Å². The molecule has 2 nitrogen and oxygen atoms in total. The van der Waals surface area contributed by atoms with Crippen molar-refractivity contribution in [1.82, 2.24) is 0 Å². The second kappa shape index (κ2) is 9.32. The molecule has 1 N–H and O–H groups in total. The molecule has 0 aromatic heterocycles. The summed E-state index contributed by atoms with van der Waals surface area (Å²) in [6.07, 6.45) is 9.09. The third-order valence-corrected chi connectivity index (χ3v) is 2.66. The van der Waals surface area contributed by atoms with Crippen molar-refractivity contribution in [3.8, 4) is 0 Å². The first-order valence-electron chi connectivity index (χ1n) is 6.26. The first-order valence-corrected chi connectivity index (χ1v) is 6.26. The number of nitrogens with one attached hydrogen (secondary N) is 1. The summed E-state index contributed by atoms with van der Waals surface area (Å²) in [5, 5.41) is 7.04. The van der Waals surface area contributed by atoms with Gasteiger partial charge in [0, 0.05) is 6.42 Å². The van der Waals surface area contributed by atoms with E-state index in [0.29, 0.717) is 12.3 Å². The zero-order valence-corrected chi connectivity index (χ0v) is 10.9. The lowest BCUT2D eigenvalue weighted by Gasteiger charge is -2.13. The maximum Gasteiger partial charge on any atom is 0.155 e. The quantitative estimate of drug-likeness (QED) is 0.463. The molecule has 0 fully saturated rings. The predicted octanol–water partition coefficient (Wildman–Crippen LogP) is 4.15. The average Bonchev–Trinajstić information content (AvgIpc) is 2.21. The van der Waals surface area contributed by atoms with E-state index in [1.165, 1.54) is 19.1 Å². The number of carbonyl (C=O) groups is 1. The van der Waals surface area contributed by atoms with Gasteiger partial charge in [-0.25, -0.2) is 0 Å². The molecule has 0 aliphatic carbocycles. The monoisotopic (exact) mass is 223 g/mol. The highest BCUT2D eigenvalue weighted by atomic mass is 16.1. The first-order chi connectivity index (χ1) is 7.60. The summed E-state index contributed by atoms with van der Waals surface area (Å²) >= 11 is 0. The highest BCUT2D eigenvalue weighted by Gasteiger charge is 2.09. The molecule has 0 heterocycles. The number of hydrogen-bond donors (Lipinski definition) is 1. The van der Waals surface area contributed by atoms with Crippen LogP contribution in [0.5, 0.6) is 0 Å². The van der Waals surface area contributed by atoms with Gasteiger partial charge in [0.1, 0.15) is 0 Å². The number of hydrogen-bond acceptors (Lipinski definition) is 2. The van der Waals surface area contributed by atoms with Crippen molar-refractivity contribution in [2.75, 3.05) is 0 Å². The Bertz CT molecular complexity index is 239. The molecule has 0 aliphatic rings. The third kappa shape index (κ3) is 8.39. The number of ketones is 1. The summed E-state index contributed by atoms with van der Waals surface area (Å²) in [6.45, 7) is 6.09. The van der Waals surface area contributed by atoms with Crippen LogP contribution in [0.15, 0.2) is 11.6 Å². The molecular weight excluding hydrogens is 198 g/mol. The third-order valence-electron chi connectivity index (χ3n) is 2.66. The number of carbonyl (C=O) groups excluding carboxylic acids is 1. The maximum absolute atomic E-state index is 11.5. The molecule has 0 aliphatic heterocycles. The van der Waals surface area contributed by atoms with Gasteiger partial charge in [-0.15, -0.1) is 0 Å². The Hall–Kier alpha value is -0.920. The van der Waals surface area contributed by atoms with E-state index in [2.05, 4.69) is 6.92 Å². The van der Waals surface area contributed by atoms with Gasteiger partial charge >= 0.3 is 0 Å². The van der Waals surface area contributed by atoms with Crippen molar-refractivity contribution in [1.29, 1.82) is 5.41 Å². The highest BCUT2D eigenvalue weighted by molar-refractivity contribution is 5.90. The molecule has 0 saturated heterocycles. The van der Waals surface area contributed by atoms with Crippen LogP contribution >= 0.6 is 0 Å². The van der Waals surface area contributed by atoms with Crippen LogP contribution in [0.2, 0.25) is 0 Å². The molecule has 0 radical (unpaired) electrons. The molecule has 1 unspecified atom stereocenters. The summed E-state index contributed by atoms with van der Waals surface area (Å²) in [4.78, 5) is 11.5. The fraction of sp³-hybridized carbons (Fsp3) is 0.714. The summed E-state index contributed by atoms with van der Waals surface area (Å²) in [5.74, 6) is 0.858. The summed E-state index contributed by atoms with van der Waals surface area (Å²) < 4.78 is 0. The van der Waals surface area contributed by atoms with Crippen LogP contribution in [0.4, 0.5) is 0 Å². The smallest absolute Gasteiger partial charge is 0.155 e. The van der Waals surface area contributed by atoms with Crippen molar-refractivity contribution in [2.45, 2.75) is 59.3 Å². The minimum atomic E-state index is 0.246. The zero-order valence-electron chi connectivity index (χ0n) is 10.9. The predicted molar refractivity (Wildman–Crippen MR) is 70.1 cm³/mol. The van der Waals surface area contributed by atoms with Gasteiger partial charge in [-0.3, -0.25) is 4.79 Å². The van der Waals surface area contributed by atoms with Crippen molar-refractivity contribution in [2.24, 2.45) is 5.92 Å². The van der Waals surface area contributed by atoms with E-state index in [-0.39, 0.29) is 5.78 Å². The minimum absolute atomic E-state index is 0.246. The Morgan fingerprint density at radius 1 is 1.25 bits per heavy atom. The molecule has 92 valence electrons. The summed E-state index contributed by atoms with van der Waals surface area (Å²) in [6, 6.07) is 0. The van der Waals surface area contributed by atoms with Gasteiger partial charge in [-0.05, 0) is 51.3 Å². The second-order valence-corrected chi connectivity index (χ2v) is 4.66. The molecular formula is C14H25NO. The van der Waals surface area contributed by atoms with E-state index in [1.807, 2.05) is 13.8 Å². The fourth-order valence-electron chi connectivity index (χ4n) is 1.90. The van der Waals surface area contributed by atoms with Gasteiger partial charge in [-0.1, -0.05) is 25.3 Å². The fourth-order valence-corrected chi connectivity index (χ4v) is 1.90. The standard InChI is InChI=1S/C14H25NO/c1-4-6-13(7-5-10-15)8-9-14(16)11-12(2)3/h10-11,13,15H,4-9H2,1-3H3. The van der Waals surface area contributed by atoms with Crippen molar-refractivity contribution < 1.29 is 4.79 Å². The highest BCUT2D eigenvalue weighted by Crippen LogP contribution is 2.19. The lowest BCUT2D eigenvalue weighted by Crippen LogP contribution is -2.04. The van der Waals surface area contributed by atoms with Gasteiger partial charge in [-0.2, -0.15) is 0 Å². The zero-order chi connectivity index (χ0) is 12.4. The van der Waals surface area contributed by atoms with Crippen LogP contribution in [0, 0.1) is 11.3 Å². The lowest BCUT2D eigenvalue weighted by molar-refractivity contribution is -0.114. The Kier molecular flexibility index (Phi) is 8.78. The van der Waals surface area contributed by atoms with E-state index in [1.54, 1.807) is 6.08 Å². The maximum atomic E-state index is 11.5. The Balaban J connectivity index is 3.95. The van der Waals surface area contributed by atoms with Crippen LogP contribution in [-0.4, -0.2) is 12.0 Å². The minimum Gasteiger partial charge on any atom is -0.313 e. The molecule has 1 atom stereocenters. The molecule has 0 saturated carbocycles. The number of rotatable bonds is 9. The van der Waals surface area contributed by atoms with Gasteiger partial charge in [0.05, 0.1) is 0 Å². The van der Waals surface area contributed by atoms with Crippen molar-refractivity contribution in [3.05, 3.63) is 11.6 Å². The van der Waals surface area contributed by atoms with Crippen molar-refractivity contribution >= 4 is 12.0 Å². The van der Waals surface area contributed by atoms with E-state index in [4.69, 9.17) is 5.41 Å². The molecule has 0 spiro atoms. The van der Waals surface area contributed by atoms with E-state index >= 15 is 0 Å². The van der Waals surface area contributed by atoms with Gasteiger partial charge < -0.3 is 5.41 Å². The SMILES string of the molecule is CCCC(CCC=N)CCC(=O)C=C(C)C. The lowest BCUT2D eigenvalue weighted by atomic mass is 9.92. The van der Waals surface area contributed by atoms with Crippen LogP contribution in [0.25, 0.3) is 0 Å². The molecule has 0 aromatic carbocycles. The Morgan fingerprint density at radius 3 is 2.44 bits per heavy atom. The normalized spacial score (nSPS) is 11.9. The van der Waals surface area contributed by atoms with Gasteiger partial charge in [0.2, 0.25) is 0 Å². The number of allylic oxidation sites excluding steroid dienone is 2. The molecule has 2 heteroatoms. The van der Waals surface area contributed by atoms with E-state index in [9.17, 15) is 4.79 Å². The van der Waals surface area contributed by atoms with Gasteiger partial charge in [0.15, 0.2) is 5.78 Å². The average molecular weight is 223 g/mol. The molecule has 0 rings (SSSR count). The topological polar surface area (TPSA) is 40.9 Å². The first kappa shape index (κ1) is 15.1. The summed E-state index contributed by atoms with van der Waals surface area (Å²) in [5.41, 5.74) is 1.08.